The van der Waals surface area contributed by atoms with Gasteiger partial charge in [-0.05, 0) is 49.3 Å². The number of hydrogen-bond acceptors (Lipinski definition) is 2. The zero-order valence-electron chi connectivity index (χ0n) is 13.8. The zero-order chi connectivity index (χ0) is 15.3. The number of guanidine groups is 1. The molecule has 0 amide bonds. The van der Waals surface area contributed by atoms with Crippen molar-refractivity contribution < 1.29 is 0 Å². The van der Waals surface area contributed by atoms with Crippen molar-refractivity contribution in [2.45, 2.75) is 40.5 Å². The van der Waals surface area contributed by atoms with Gasteiger partial charge in [-0.25, -0.2) is 0 Å². The van der Waals surface area contributed by atoms with Gasteiger partial charge in [-0.1, -0.05) is 13.8 Å². The number of aromatic nitrogens is 1. The normalized spacial score (nSPS) is 18.1. The molecule has 2 rings (SSSR count). The molecule has 4 heteroatoms. The van der Waals surface area contributed by atoms with E-state index in [4.69, 9.17) is 4.99 Å². The van der Waals surface area contributed by atoms with E-state index < -0.39 is 0 Å². The Hall–Kier alpha value is -1.58. The molecule has 21 heavy (non-hydrogen) atoms. The van der Waals surface area contributed by atoms with E-state index in [0.717, 1.165) is 38.6 Å². The lowest BCUT2D eigenvalue weighted by atomic mass is 9.93. The minimum atomic E-state index is 0.401. The number of pyridine rings is 1. The van der Waals surface area contributed by atoms with Crippen LogP contribution in [0.15, 0.2) is 23.5 Å². The Morgan fingerprint density at radius 3 is 2.90 bits per heavy atom. The molecule has 1 aromatic rings. The van der Waals surface area contributed by atoms with Gasteiger partial charge in [0.05, 0.1) is 0 Å². The number of nitrogens with zero attached hydrogens (tertiary/aromatic N) is 3. The van der Waals surface area contributed by atoms with Gasteiger partial charge in [-0.2, -0.15) is 0 Å². The Bertz CT molecular complexity index is 493. The van der Waals surface area contributed by atoms with Gasteiger partial charge in [0, 0.05) is 38.6 Å². The summed E-state index contributed by atoms with van der Waals surface area (Å²) in [5.74, 6) is 1.06. The molecule has 1 fully saturated rings. The second-order valence-corrected chi connectivity index (χ2v) is 6.62. The number of likely N-dealkylation sites (tertiary alicyclic amines) is 1. The monoisotopic (exact) mass is 288 g/mol. The quantitative estimate of drug-likeness (QED) is 0.684. The molecule has 4 nitrogen and oxygen atoms in total. The second kappa shape index (κ2) is 6.92. The van der Waals surface area contributed by atoms with E-state index in [2.05, 4.69) is 49.0 Å². The zero-order valence-corrected chi connectivity index (χ0v) is 13.8. The van der Waals surface area contributed by atoms with Crippen molar-refractivity contribution in [2.24, 2.45) is 10.4 Å². The van der Waals surface area contributed by atoms with Crippen LogP contribution in [0.5, 0.6) is 0 Å². The Balaban J connectivity index is 1.97. The molecule has 116 valence electrons. The molecule has 0 atom stereocenters. The van der Waals surface area contributed by atoms with E-state index in [-0.39, 0.29) is 0 Å². The molecule has 1 aliphatic rings. The Morgan fingerprint density at radius 2 is 2.29 bits per heavy atom. The van der Waals surface area contributed by atoms with Crippen LogP contribution in [0.1, 0.15) is 38.3 Å². The second-order valence-electron chi connectivity index (χ2n) is 6.62. The molecule has 0 aliphatic carbocycles. The van der Waals surface area contributed by atoms with Gasteiger partial charge in [0.2, 0.25) is 0 Å². The van der Waals surface area contributed by atoms with Crippen LogP contribution in [0, 0.1) is 12.3 Å². The summed E-state index contributed by atoms with van der Waals surface area (Å²) in [4.78, 5) is 11.3. The molecule has 2 heterocycles. The standard InChI is InChI=1S/C17H28N4/c1-5-19-16(21-11-8-17(3,4)13-21)20-10-7-15-6-9-18-12-14(15)2/h6,9,12H,5,7-8,10-11,13H2,1-4H3,(H,19,20). The van der Waals surface area contributed by atoms with Gasteiger partial charge in [-0.3, -0.25) is 9.98 Å². The van der Waals surface area contributed by atoms with Crippen molar-refractivity contribution in [1.82, 2.24) is 15.2 Å². The highest BCUT2D eigenvalue weighted by Gasteiger charge is 2.30. The maximum atomic E-state index is 4.81. The largest absolute Gasteiger partial charge is 0.357 e. The van der Waals surface area contributed by atoms with E-state index in [1.165, 1.54) is 17.5 Å². The maximum Gasteiger partial charge on any atom is 0.193 e. The lowest BCUT2D eigenvalue weighted by molar-refractivity contribution is 0.370. The van der Waals surface area contributed by atoms with E-state index >= 15 is 0 Å². The predicted octanol–water partition coefficient (Wildman–Crippen LogP) is 2.63. The summed E-state index contributed by atoms with van der Waals surface area (Å²) >= 11 is 0. The van der Waals surface area contributed by atoms with Crippen LogP contribution in [0.4, 0.5) is 0 Å². The third-order valence-corrected chi connectivity index (χ3v) is 4.09. The summed E-state index contributed by atoms with van der Waals surface area (Å²) in [5, 5.41) is 3.43. The summed E-state index contributed by atoms with van der Waals surface area (Å²) in [6.45, 7) is 12.8. The van der Waals surface area contributed by atoms with Gasteiger partial charge < -0.3 is 10.2 Å². The van der Waals surface area contributed by atoms with Crippen LogP contribution in [-0.4, -0.2) is 42.0 Å². The molecule has 0 bridgehead atoms. The third-order valence-electron chi connectivity index (χ3n) is 4.09. The molecule has 0 aromatic carbocycles. The van der Waals surface area contributed by atoms with Crippen LogP contribution >= 0.6 is 0 Å². The highest BCUT2D eigenvalue weighted by Crippen LogP contribution is 2.28. The number of aryl methyl sites for hydroxylation is 1. The molecule has 1 N–H and O–H groups in total. The van der Waals surface area contributed by atoms with Crippen LogP contribution in [0.2, 0.25) is 0 Å². The van der Waals surface area contributed by atoms with Crippen LogP contribution in [0.3, 0.4) is 0 Å². The summed E-state index contributed by atoms with van der Waals surface area (Å²) < 4.78 is 0. The molecular weight excluding hydrogens is 260 g/mol. The Labute approximate surface area is 128 Å². The summed E-state index contributed by atoms with van der Waals surface area (Å²) in [7, 11) is 0. The smallest absolute Gasteiger partial charge is 0.193 e. The van der Waals surface area contributed by atoms with Gasteiger partial charge >= 0.3 is 0 Å². The van der Waals surface area contributed by atoms with Crippen molar-refractivity contribution >= 4 is 5.96 Å². The molecule has 0 unspecified atom stereocenters. The third kappa shape index (κ3) is 4.45. The predicted molar refractivity (Wildman–Crippen MR) is 88.6 cm³/mol. The summed E-state index contributed by atoms with van der Waals surface area (Å²) in [6, 6.07) is 2.09. The first-order valence-corrected chi connectivity index (χ1v) is 7.94. The van der Waals surface area contributed by atoms with E-state index in [9.17, 15) is 0 Å². The SMILES string of the molecule is CCNC(=NCCc1ccncc1C)N1CCC(C)(C)C1. The Kier molecular flexibility index (Phi) is 5.21. The fraction of sp³-hybridized carbons (Fsp3) is 0.647. The van der Waals surface area contributed by atoms with Gasteiger partial charge in [0.15, 0.2) is 5.96 Å². The molecule has 1 aliphatic heterocycles. The minimum Gasteiger partial charge on any atom is -0.357 e. The highest BCUT2D eigenvalue weighted by atomic mass is 15.3. The van der Waals surface area contributed by atoms with Crippen molar-refractivity contribution in [3.8, 4) is 0 Å². The average molecular weight is 288 g/mol. The van der Waals surface area contributed by atoms with Crippen LogP contribution in [-0.2, 0) is 6.42 Å². The Morgan fingerprint density at radius 1 is 1.48 bits per heavy atom. The van der Waals surface area contributed by atoms with E-state index in [0.29, 0.717) is 5.41 Å². The molecule has 0 saturated carbocycles. The maximum absolute atomic E-state index is 4.81. The highest BCUT2D eigenvalue weighted by molar-refractivity contribution is 5.80. The summed E-state index contributed by atoms with van der Waals surface area (Å²) in [6.07, 6.45) is 5.99. The van der Waals surface area contributed by atoms with Gasteiger partial charge in [0.25, 0.3) is 0 Å². The molecule has 1 aromatic heterocycles. The number of hydrogen-bond donors (Lipinski definition) is 1. The average Bonchev–Trinajstić information content (AvgIpc) is 2.80. The van der Waals surface area contributed by atoms with Gasteiger partial charge in [-0.15, -0.1) is 0 Å². The molecule has 0 radical (unpaired) electrons. The first kappa shape index (κ1) is 15.8. The lowest BCUT2D eigenvalue weighted by Crippen LogP contribution is -2.40. The molecule has 1 saturated heterocycles. The number of nitrogens with one attached hydrogen (secondary N) is 1. The van der Waals surface area contributed by atoms with E-state index in [1.54, 1.807) is 0 Å². The van der Waals surface area contributed by atoms with Crippen molar-refractivity contribution in [1.29, 1.82) is 0 Å². The topological polar surface area (TPSA) is 40.5 Å². The fourth-order valence-electron chi connectivity index (χ4n) is 2.78. The van der Waals surface area contributed by atoms with Crippen molar-refractivity contribution in [3.63, 3.8) is 0 Å². The molecule has 0 spiro atoms. The van der Waals surface area contributed by atoms with Gasteiger partial charge in [0.1, 0.15) is 0 Å². The lowest BCUT2D eigenvalue weighted by Gasteiger charge is -2.23. The van der Waals surface area contributed by atoms with Crippen molar-refractivity contribution in [3.05, 3.63) is 29.6 Å². The number of rotatable bonds is 4. The number of aliphatic imine (C=N–C) groups is 1. The fourth-order valence-corrected chi connectivity index (χ4v) is 2.78. The summed E-state index contributed by atoms with van der Waals surface area (Å²) in [5.41, 5.74) is 2.99. The first-order valence-electron chi connectivity index (χ1n) is 7.94. The van der Waals surface area contributed by atoms with Crippen LogP contribution < -0.4 is 5.32 Å². The van der Waals surface area contributed by atoms with Crippen LogP contribution in [0.25, 0.3) is 0 Å². The first-order chi connectivity index (χ1) is 10.0. The molecular formula is C17H28N4. The van der Waals surface area contributed by atoms with Crippen molar-refractivity contribution in [2.75, 3.05) is 26.2 Å². The minimum absolute atomic E-state index is 0.401. The van der Waals surface area contributed by atoms with E-state index in [1.807, 2.05) is 12.4 Å².